The van der Waals surface area contributed by atoms with Crippen LogP contribution in [0.15, 0.2) is 30.3 Å². The summed E-state index contributed by atoms with van der Waals surface area (Å²) >= 11 is 0. The van der Waals surface area contributed by atoms with E-state index in [1.54, 1.807) is 0 Å². The quantitative estimate of drug-likeness (QED) is 0.707. The number of nitrogens with one attached hydrogen (secondary N) is 1. The zero-order valence-electron chi connectivity index (χ0n) is 17.6. The lowest BCUT2D eigenvalue weighted by molar-refractivity contribution is -0.121. The van der Waals surface area contributed by atoms with Gasteiger partial charge in [-0.05, 0) is 31.0 Å². The highest BCUT2D eigenvalue weighted by Crippen LogP contribution is 2.34. The molecule has 3 rings (SSSR count). The zero-order valence-corrected chi connectivity index (χ0v) is 17.6. The van der Waals surface area contributed by atoms with Gasteiger partial charge in [-0.25, -0.2) is 8.78 Å². The number of nitrogens with zero attached hydrogens (tertiary/aromatic N) is 1. The molecule has 0 aromatic heterocycles. The predicted molar refractivity (Wildman–Crippen MR) is 112 cm³/mol. The van der Waals surface area contributed by atoms with E-state index in [1.165, 1.54) is 31.3 Å². The Bertz CT molecular complexity index is 1050. The highest BCUT2D eigenvalue weighted by Gasteiger charge is 2.30. The van der Waals surface area contributed by atoms with Crippen molar-refractivity contribution in [3.63, 3.8) is 0 Å². The Morgan fingerprint density at radius 1 is 1.00 bits per heavy atom. The van der Waals surface area contributed by atoms with Crippen molar-refractivity contribution in [3.05, 3.63) is 53.1 Å². The molecule has 2 aromatic carbocycles. The number of hydrogen-bond donors (Lipinski definition) is 2. The first kappa shape index (κ1) is 23.0. The lowest BCUT2D eigenvalue weighted by Crippen LogP contribution is -2.41. The van der Waals surface area contributed by atoms with Crippen LogP contribution in [0.1, 0.15) is 33.6 Å². The molecular weight excluding hydrogens is 424 g/mol. The SMILES string of the molecule is COc1cc(NC(=O)C2CCN(C(=O)c3ccc(F)cc3F)CC2)c(C(N)=O)cc1OC. The molecule has 170 valence electrons. The number of halogens is 2. The first-order valence-corrected chi connectivity index (χ1v) is 9.86. The van der Waals surface area contributed by atoms with E-state index in [0.717, 1.165) is 12.1 Å². The molecule has 10 heteroatoms. The summed E-state index contributed by atoms with van der Waals surface area (Å²) in [7, 11) is 2.83. The van der Waals surface area contributed by atoms with Crippen LogP contribution in [0, 0.1) is 17.6 Å². The Hall–Kier alpha value is -3.69. The number of primary amides is 1. The maximum atomic E-state index is 13.9. The molecule has 1 heterocycles. The summed E-state index contributed by atoms with van der Waals surface area (Å²) in [5.74, 6) is -3.18. The normalized spacial score (nSPS) is 14.1. The van der Waals surface area contributed by atoms with Crippen molar-refractivity contribution in [2.24, 2.45) is 11.7 Å². The van der Waals surface area contributed by atoms with Crippen molar-refractivity contribution in [1.29, 1.82) is 0 Å². The van der Waals surface area contributed by atoms with Crippen LogP contribution in [-0.2, 0) is 4.79 Å². The van der Waals surface area contributed by atoms with Crippen LogP contribution in [-0.4, -0.2) is 49.9 Å². The summed E-state index contributed by atoms with van der Waals surface area (Å²) in [5.41, 5.74) is 5.46. The van der Waals surface area contributed by atoms with Crippen LogP contribution in [0.5, 0.6) is 11.5 Å². The summed E-state index contributed by atoms with van der Waals surface area (Å²) in [4.78, 5) is 38.6. The molecule has 32 heavy (non-hydrogen) atoms. The Balaban J connectivity index is 1.68. The number of rotatable bonds is 6. The number of carbonyl (C=O) groups is 3. The minimum atomic E-state index is -0.928. The number of likely N-dealkylation sites (tertiary alicyclic amines) is 1. The minimum Gasteiger partial charge on any atom is -0.493 e. The molecule has 1 fully saturated rings. The number of hydrogen-bond acceptors (Lipinski definition) is 5. The number of anilines is 1. The number of benzene rings is 2. The van der Waals surface area contributed by atoms with Crippen LogP contribution in [0.4, 0.5) is 14.5 Å². The molecule has 0 atom stereocenters. The molecular formula is C22H23F2N3O5. The van der Waals surface area contributed by atoms with Crippen molar-refractivity contribution in [1.82, 2.24) is 4.90 Å². The molecule has 1 saturated heterocycles. The van der Waals surface area contributed by atoms with Gasteiger partial charge in [-0.1, -0.05) is 0 Å². The fourth-order valence-corrected chi connectivity index (χ4v) is 3.60. The van der Waals surface area contributed by atoms with Crippen molar-refractivity contribution < 1.29 is 32.6 Å². The molecule has 3 N–H and O–H groups in total. The van der Waals surface area contributed by atoms with Crippen LogP contribution in [0.2, 0.25) is 0 Å². The third kappa shape index (κ3) is 4.79. The van der Waals surface area contributed by atoms with Crippen LogP contribution < -0.4 is 20.5 Å². The van der Waals surface area contributed by atoms with Gasteiger partial charge in [-0.15, -0.1) is 0 Å². The molecule has 3 amide bonds. The molecule has 0 spiro atoms. The second-order valence-corrected chi connectivity index (χ2v) is 7.30. The summed E-state index contributed by atoms with van der Waals surface area (Å²) in [5, 5.41) is 2.70. The van der Waals surface area contributed by atoms with E-state index in [0.29, 0.717) is 30.4 Å². The van der Waals surface area contributed by atoms with Crippen LogP contribution in [0.3, 0.4) is 0 Å². The van der Waals surface area contributed by atoms with E-state index >= 15 is 0 Å². The van der Waals surface area contributed by atoms with Gasteiger partial charge in [0.1, 0.15) is 11.6 Å². The van der Waals surface area contributed by atoms with Gasteiger partial charge in [0.15, 0.2) is 11.5 Å². The largest absolute Gasteiger partial charge is 0.493 e. The Morgan fingerprint density at radius 3 is 2.19 bits per heavy atom. The third-order valence-electron chi connectivity index (χ3n) is 5.36. The van der Waals surface area contributed by atoms with Gasteiger partial charge < -0.3 is 25.4 Å². The van der Waals surface area contributed by atoms with E-state index in [2.05, 4.69) is 5.32 Å². The number of piperidine rings is 1. The number of amides is 3. The fraction of sp³-hybridized carbons (Fsp3) is 0.318. The summed E-state index contributed by atoms with van der Waals surface area (Å²) in [6.45, 7) is 0.449. The first-order valence-electron chi connectivity index (χ1n) is 9.86. The fourth-order valence-electron chi connectivity index (χ4n) is 3.60. The van der Waals surface area contributed by atoms with Crippen LogP contribution in [0.25, 0.3) is 0 Å². The van der Waals surface area contributed by atoms with Gasteiger partial charge >= 0.3 is 0 Å². The number of methoxy groups -OCH3 is 2. The van der Waals surface area contributed by atoms with Crippen molar-refractivity contribution in [2.75, 3.05) is 32.6 Å². The maximum Gasteiger partial charge on any atom is 0.256 e. The molecule has 0 saturated carbocycles. The third-order valence-corrected chi connectivity index (χ3v) is 5.36. The van der Waals surface area contributed by atoms with Crippen LogP contribution >= 0.6 is 0 Å². The predicted octanol–water partition coefficient (Wildman–Crippen LogP) is 2.57. The van der Waals surface area contributed by atoms with Crippen molar-refractivity contribution >= 4 is 23.4 Å². The van der Waals surface area contributed by atoms with Gasteiger partial charge in [0, 0.05) is 31.1 Å². The second kappa shape index (κ2) is 9.63. The molecule has 0 aliphatic carbocycles. The van der Waals surface area contributed by atoms with Gasteiger partial charge in [-0.2, -0.15) is 0 Å². The smallest absolute Gasteiger partial charge is 0.256 e. The van der Waals surface area contributed by atoms with E-state index in [-0.39, 0.29) is 35.8 Å². The molecule has 1 aliphatic heterocycles. The molecule has 0 radical (unpaired) electrons. The van der Waals surface area contributed by atoms with Crippen molar-refractivity contribution in [2.45, 2.75) is 12.8 Å². The summed E-state index contributed by atoms with van der Waals surface area (Å²) < 4.78 is 37.4. The van der Waals surface area contributed by atoms with Gasteiger partial charge in [0.25, 0.3) is 11.8 Å². The highest BCUT2D eigenvalue weighted by atomic mass is 19.1. The van der Waals surface area contributed by atoms with E-state index in [4.69, 9.17) is 15.2 Å². The van der Waals surface area contributed by atoms with Gasteiger partial charge in [0.2, 0.25) is 5.91 Å². The molecule has 2 aromatic rings. The second-order valence-electron chi connectivity index (χ2n) is 7.30. The highest BCUT2D eigenvalue weighted by molar-refractivity contribution is 6.04. The average molecular weight is 447 g/mol. The lowest BCUT2D eigenvalue weighted by Gasteiger charge is -2.31. The standard InChI is InChI=1S/C22H23F2N3O5/c1-31-18-10-15(20(25)28)17(11-19(18)32-2)26-21(29)12-5-7-27(8-6-12)22(30)14-4-3-13(23)9-16(14)24/h3-4,9-12H,5-8H2,1-2H3,(H2,25,28)(H,26,29). The molecule has 0 bridgehead atoms. The van der Waals surface area contributed by atoms with Gasteiger partial charge in [-0.3, -0.25) is 14.4 Å². The Morgan fingerprint density at radius 2 is 1.62 bits per heavy atom. The molecule has 8 nitrogen and oxygen atoms in total. The van der Waals surface area contributed by atoms with Gasteiger partial charge in [0.05, 0.1) is 31.0 Å². The lowest BCUT2D eigenvalue weighted by atomic mass is 9.95. The summed E-state index contributed by atoms with van der Waals surface area (Å²) in [6.07, 6.45) is 0.666. The average Bonchev–Trinajstić information content (AvgIpc) is 2.78. The molecule has 0 unspecified atom stereocenters. The monoisotopic (exact) mass is 447 g/mol. The number of ether oxygens (including phenoxy) is 2. The molecule has 1 aliphatic rings. The number of carbonyl (C=O) groups excluding carboxylic acids is 3. The van der Waals surface area contributed by atoms with E-state index in [1.807, 2.05) is 0 Å². The number of nitrogens with two attached hydrogens (primary N) is 1. The Labute approximate surface area is 183 Å². The van der Waals surface area contributed by atoms with Crippen molar-refractivity contribution in [3.8, 4) is 11.5 Å². The zero-order chi connectivity index (χ0) is 23.4. The first-order chi connectivity index (χ1) is 15.2. The van der Waals surface area contributed by atoms with E-state index in [9.17, 15) is 23.2 Å². The summed E-state index contributed by atoms with van der Waals surface area (Å²) in [6, 6.07) is 5.62. The van der Waals surface area contributed by atoms with E-state index < -0.39 is 29.4 Å². The Kier molecular flexibility index (Phi) is 6.92. The minimum absolute atomic E-state index is 0.0652. The maximum absolute atomic E-state index is 13.9. The topological polar surface area (TPSA) is 111 Å².